The van der Waals surface area contributed by atoms with Crippen molar-refractivity contribution in [2.24, 2.45) is 0 Å². The van der Waals surface area contributed by atoms with Crippen LogP contribution in [0.4, 0.5) is 4.39 Å². The Morgan fingerprint density at radius 3 is 2.33 bits per heavy atom. The summed E-state index contributed by atoms with van der Waals surface area (Å²) < 4.78 is 76.3. The first-order valence-corrected chi connectivity index (χ1v) is 24.7. The Kier molecular flexibility index (Phi) is 15.8. The first kappa shape index (κ1) is 50.6. The number of carboxylic acids is 1. The fraction of sp³-hybridized carbons (Fsp3) is 0.204. The predicted octanol–water partition coefficient (Wildman–Crippen LogP) is 10.3. The van der Waals surface area contributed by atoms with E-state index in [-0.39, 0.29) is 55.1 Å². The zero-order chi connectivity index (χ0) is 50.9. The number of phenolic OH excluding ortho intramolecular Hbond substituents is 1. The van der Waals surface area contributed by atoms with Crippen LogP contribution in [-0.4, -0.2) is 83.7 Å². The molecule has 1 unspecified atom stereocenters. The van der Waals surface area contributed by atoms with E-state index in [9.17, 15) is 27.8 Å². The van der Waals surface area contributed by atoms with Crippen LogP contribution in [0, 0.1) is 26.6 Å². The van der Waals surface area contributed by atoms with Gasteiger partial charge in [0.25, 0.3) is 10.1 Å². The van der Waals surface area contributed by atoms with Gasteiger partial charge in [-0.15, -0.1) is 17.9 Å². The molecule has 8 rings (SSSR count). The molecule has 0 aliphatic heterocycles. The Hall–Kier alpha value is -7.77. The van der Waals surface area contributed by atoms with E-state index in [0.717, 1.165) is 5.56 Å². The van der Waals surface area contributed by atoms with Gasteiger partial charge in [-0.05, 0) is 116 Å². The average Bonchev–Trinajstić information content (AvgIpc) is 3.75. The first-order chi connectivity index (χ1) is 34.7. The number of hydrogen-bond acceptors (Lipinski definition) is 15. The van der Waals surface area contributed by atoms with Gasteiger partial charge in [0.1, 0.15) is 59.3 Å². The molecular weight excluding hydrogens is 964 g/mol. The summed E-state index contributed by atoms with van der Waals surface area (Å²) in [5.74, 6) is -0.219. The molecule has 0 radical (unpaired) electrons. The normalized spacial score (nSPS) is 12.3. The number of nitrogens with zero attached hydrogens (tertiary/aromatic N) is 4. The van der Waals surface area contributed by atoms with Crippen molar-refractivity contribution < 1.29 is 55.7 Å². The minimum Gasteiger partial charge on any atom is -0.508 e. The van der Waals surface area contributed by atoms with Gasteiger partial charge in [0.15, 0.2) is 5.82 Å². The smallest absolute Gasteiger partial charge is 0.345 e. The molecule has 0 saturated heterocycles. The minimum absolute atomic E-state index is 0.00448. The third-order valence-corrected chi connectivity index (χ3v) is 13.7. The lowest BCUT2D eigenvalue weighted by atomic mass is 9.92. The number of methoxy groups -OCH3 is 1. The van der Waals surface area contributed by atoms with E-state index in [2.05, 4.69) is 26.5 Å². The Morgan fingerprint density at radius 1 is 0.861 bits per heavy atom. The van der Waals surface area contributed by atoms with Gasteiger partial charge in [-0.2, -0.15) is 8.42 Å². The highest BCUT2D eigenvalue weighted by Gasteiger charge is 2.29. The van der Waals surface area contributed by atoms with E-state index in [1.54, 1.807) is 61.8 Å². The summed E-state index contributed by atoms with van der Waals surface area (Å²) in [5, 5.41) is 21.7. The van der Waals surface area contributed by atoms with E-state index < -0.39 is 34.1 Å². The molecule has 0 saturated carbocycles. The fourth-order valence-corrected chi connectivity index (χ4v) is 10.0. The van der Waals surface area contributed by atoms with Crippen LogP contribution in [0.3, 0.4) is 0 Å². The predicted molar refractivity (Wildman–Crippen MR) is 270 cm³/mol. The zero-order valence-electron chi connectivity index (χ0n) is 39.6. The van der Waals surface area contributed by atoms with Crippen molar-refractivity contribution in [2.45, 2.75) is 50.9 Å². The van der Waals surface area contributed by atoms with Crippen molar-refractivity contribution in [1.29, 1.82) is 0 Å². The summed E-state index contributed by atoms with van der Waals surface area (Å²) in [7, 11) is -2.57. The van der Waals surface area contributed by atoms with Gasteiger partial charge in [0.2, 0.25) is 12.0 Å². The van der Waals surface area contributed by atoms with E-state index in [1.165, 1.54) is 60.1 Å². The third kappa shape index (κ3) is 11.9. The molecule has 0 amide bonds. The number of halogens is 1. The van der Waals surface area contributed by atoms with Crippen molar-refractivity contribution in [3.63, 3.8) is 0 Å². The van der Waals surface area contributed by atoms with Crippen LogP contribution in [0.25, 0.3) is 43.2 Å². The van der Waals surface area contributed by atoms with Crippen molar-refractivity contribution in [3.8, 4) is 61.8 Å². The van der Waals surface area contributed by atoms with Crippen molar-refractivity contribution in [1.82, 2.24) is 19.9 Å². The number of benzene rings is 5. The number of aliphatic carboxylic acids is 1. The molecule has 2 N–H and O–H groups in total. The number of para-hydroxylation sites is 1. The molecule has 0 spiro atoms. The van der Waals surface area contributed by atoms with Gasteiger partial charge in [-0.25, -0.2) is 29.1 Å². The van der Waals surface area contributed by atoms with Crippen LogP contribution >= 0.6 is 11.3 Å². The maximum absolute atomic E-state index is 14.4. The van der Waals surface area contributed by atoms with Gasteiger partial charge in [0.05, 0.1) is 41.9 Å². The van der Waals surface area contributed by atoms with Crippen LogP contribution in [0.15, 0.2) is 139 Å². The quantitative estimate of drug-likeness (QED) is 0.0369. The molecule has 370 valence electrons. The average molecular weight is 1010 g/mol. The van der Waals surface area contributed by atoms with E-state index >= 15 is 0 Å². The fourth-order valence-electron chi connectivity index (χ4n) is 7.92. The Labute approximate surface area is 419 Å². The van der Waals surface area contributed by atoms with Crippen molar-refractivity contribution in [3.05, 3.63) is 168 Å². The maximum atomic E-state index is 14.4. The number of rotatable bonds is 22. The zero-order valence-corrected chi connectivity index (χ0v) is 41.2. The van der Waals surface area contributed by atoms with Gasteiger partial charge in [-0.3, -0.25) is 4.18 Å². The number of thiophene rings is 1. The molecule has 0 aliphatic carbocycles. The summed E-state index contributed by atoms with van der Waals surface area (Å²) in [5.41, 5.74) is 5.81. The van der Waals surface area contributed by atoms with E-state index in [0.29, 0.717) is 77.1 Å². The van der Waals surface area contributed by atoms with Gasteiger partial charge in [0, 0.05) is 28.6 Å². The minimum atomic E-state index is -4.13. The summed E-state index contributed by atoms with van der Waals surface area (Å²) in [6.45, 7) is 9.06. The molecule has 2 atom stereocenters. The Bertz CT molecular complexity index is 3330. The highest BCUT2D eigenvalue weighted by atomic mass is 32.2. The topological polar surface area (TPSA) is 199 Å². The number of hydrogen-bond donors (Lipinski definition) is 2. The first-order valence-electron chi connectivity index (χ1n) is 22.5. The second-order valence-electron chi connectivity index (χ2n) is 16.5. The number of ether oxygens (including phenoxy) is 5. The van der Waals surface area contributed by atoms with Crippen LogP contribution < -0.4 is 18.9 Å². The SMILES string of the molecule is C=CCOC[C@H](COS(=O)(=O)c1ccc(C)cc1)Oc1cc(C)c(-c2c(-c3ccc(F)cc3)sc3ncnc(OC(Cc4cc(O)ccc4OCc4ccnc(-c5ccccc5OC)n4)C(=O)O)c23)c(C)c1. The summed E-state index contributed by atoms with van der Waals surface area (Å²) in [4.78, 5) is 32.5. The van der Waals surface area contributed by atoms with Gasteiger partial charge < -0.3 is 33.9 Å². The Balaban J connectivity index is 1.11. The van der Waals surface area contributed by atoms with Gasteiger partial charge >= 0.3 is 5.97 Å². The molecule has 0 bridgehead atoms. The number of aryl methyl sites for hydroxylation is 3. The number of aromatic hydroxyl groups is 1. The molecule has 0 aliphatic rings. The lowest BCUT2D eigenvalue weighted by molar-refractivity contribution is -0.145. The van der Waals surface area contributed by atoms with Crippen LogP contribution in [-0.2, 0) is 36.9 Å². The van der Waals surface area contributed by atoms with Crippen LogP contribution in [0.5, 0.6) is 28.9 Å². The second-order valence-corrected chi connectivity index (χ2v) is 19.1. The highest BCUT2D eigenvalue weighted by molar-refractivity contribution is 7.86. The summed E-state index contributed by atoms with van der Waals surface area (Å²) >= 11 is 1.29. The number of carboxylic acid groups (broad SMARTS) is 1. The number of carbonyl (C=O) groups is 1. The molecule has 0 fully saturated rings. The third-order valence-electron chi connectivity index (χ3n) is 11.3. The summed E-state index contributed by atoms with van der Waals surface area (Å²) in [6.07, 6.45) is 1.77. The van der Waals surface area contributed by atoms with Gasteiger partial charge in [-0.1, -0.05) is 48.0 Å². The van der Waals surface area contributed by atoms with E-state index in [4.69, 9.17) is 27.9 Å². The maximum Gasteiger partial charge on any atom is 0.345 e. The molecule has 5 aromatic carbocycles. The molecular formula is C54H49FN4O11S2. The number of phenols is 1. The summed E-state index contributed by atoms with van der Waals surface area (Å²) in [6, 6.07) is 29.3. The van der Waals surface area contributed by atoms with Crippen LogP contribution in [0.2, 0.25) is 0 Å². The molecule has 15 nitrogen and oxygen atoms in total. The standard InChI is InChI=1S/C54H49FN4O11S2/c1-6-23-66-29-41(30-68-72(63,64)42-18-11-32(2)12-19-42)69-40-24-33(3)47(34(4)25-40)48-49-52(57-31-58-53(49)71-50(48)35-13-15-37(55)16-14-35)70-46(54(61)62)27-36-26-39(60)17-20-44(36)67-28-38-21-22-56-51(59-38)43-9-7-8-10-45(43)65-5/h6-22,24-26,31,41,46,60H,1,23,27-30H2,2-5H3,(H,61,62)/t41-,46?/m1/s1. The van der Waals surface area contributed by atoms with E-state index in [1.807, 2.05) is 45.0 Å². The lowest BCUT2D eigenvalue weighted by Crippen LogP contribution is -2.30. The lowest BCUT2D eigenvalue weighted by Gasteiger charge is -2.21. The number of fused-ring (bicyclic) bond motifs is 1. The number of aromatic nitrogens is 4. The molecule has 18 heteroatoms. The monoisotopic (exact) mass is 1010 g/mol. The largest absolute Gasteiger partial charge is 0.508 e. The molecule has 3 aromatic heterocycles. The van der Waals surface area contributed by atoms with Crippen molar-refractivity contribution >= 4 is 37.6 Å². The molecule has 3 heterocycles. The second kappa shape index (κ2) is 22.5. The highest BCUT2D eigenvalue weighted by Crippen LogP contribution is 2.49. The van der Waals surface area contributed by atoms with Crippen LogP contribution in [0.1, 0.15) is 27.9 Å². The molecule has 72 heavy (non-hydrogen) atoms. The Morgan fingerprint density at radius 2 is 1.61 bits per heavy atom. The van der Waals surface area contributed by atoms with Crippen molar-refractivity contribution in [2.75, 3.05) is 26.9 Å². The molecule has 8 aromatic rings.